The minimum Gasteiger partial charge on any atom is -0.444 e. The van der Waals surface area contributed by atoms with E-state index in [0.29, 0.717) is 51.1 Å². The van der Waals surface area contributed by atoms with Gasteiger partial charge in [0.2, 0.25) is 0 Å². The van der Waals surface area contributed by atoms with Gasteiger partial charge >= 0.3 is 6.09 Å². The van der Waals surface area contributed by atoms with E-state index in [-0.39, 0.29) is 23.9 Å². The van der Waals surface area contributed by atoms with Gasteiger partial charge in [-0.15, -0.1) is 0 Å². The molecule has 1 aliphatic carbocycles. The third-order valence-electron chi connectivity index (χ3n) is 6.50. The van der Waals surface area contributed by atoms with Gasteiger partial charge in [0.15, 0.2) is 8.32 Å². The number of rotatable bonds is 4. The Morgan fingerprint density at radius 1 is 1.19 bits per heavy atom. The fourth-order valence-corrected chi connectivity index (χ4v) is 6.55. The Bertz CT molecular complexity index is 653. The van der Waals surface area contributed by atoms with E-state index in [1.54, 1.807) is 4.90 Å². The molecule has 1 heterocycles. The molecule has 0 N–H and O–H groups in total. The van der Waals surface area contributed by atoms with Crippen molar-refractivity contribution in [2.24, 2.45) is 17.3 Å². The van der Waals surface area contributed by atoms with Crippen molar-refractivity contribution < 1.29 is 23.5 Å². The number of hydrogen-bond acceptors (Lipinski definition) is 5. The topological polar surface area (TPSA) is 72.9 Å². The Morgan fingerprint density at radius 2 is 1.84 bits per heavy atom. The number of aldehydes is 1. The molecule has 2 rings (SSSR count). The summed E-state index contributed by atoms with van der Waals surface area (Å²) >= 11 is 0. The van der Waals surface area contributed by atoms with Crippen LogP contribution in [0, 0.1) is 17.3 Å². The minimum absolute atomic E-state index is 0.00989. The van der Waals surface area contributed by atoms with Crippen LogP contribution in [-0.4, -0.2) is 56.2 Å². The standard InChI is InChI=1S/C24H43NO5Si/c1-18-16-19(11-15-26)24(21(17-18)30-31(5,6)7)12-9-14-25(13-8-10-20(24)27)22(28)29-23(2,3)4/h15,18-19,21H,8-14,16-17H2,1-7H3/t18-,19-,21-,24+/m1/s1. The molecule has 7 heteroatoms. The summed E-state index contributed by atoms with van der Waals surface area (Å²) in [6.45, 7) is 15.4. The fourth-order valence-electron chi connectivity index (χ4n) is 5.39. The lowest BCUT2D eigenvalue weighted by Gasteiger charge is -2.51. The highest BCUT2D eigenvalue weighted by atomic mass is 28.4. The third-order valence-corrected chi connectivity index (χ3v) is 7.50. The highest BCUT2D eigenvalue weighted by molar-refractivity contribution is 6.69. The molecular formula is C24H43NO5Si. The predicted molar refractivity (Wildman–Crippen MR) is 125 cm³/mol. The molecular weight excluding hydrogens is 410 g/mol. The van der Waals surface area contributed by atoms with Crippen LogP contribution in [0.2, 0.25) is 19.6 Å². The Kier molecular flexibility index (Phi) is 8.53. The zero-order valence-electron chi connectivity index (χ0n) is 20.7. The number of ether oxygens (including phenoxy) is 1. The first-order valence-electron chi connectivity index (χ1n) is 11.9. The van der Waals surface area contributed by atoms with Crippen LogP contribution in [0.4, 0.5) is 4.79 Å². The van der Waals surface area contributed by atoms with Gasteiger partial charge in [-0.25, -0.2) is 4.79 Å². The molecule has 178 valence electrons. The first-order chi connectivity index (χ1) is 14.3. The lowest BCUT2D eigenvalue weighted by Crippen LogP contribution is -2.56. The van der Waals surface area contributed by atoms with E-state index >= 15 is 0 Å². The second-order valence-corrected chi connectivity index (χ2v) is 16.0. The van der Waals surface area contributed by atoms with Crippen LogP contribution in [0.5, 0.6) is 0 Å². The van der Waals surface area contributed by atoms with Gasteiger partial charge in [0.1, 0.15) is 17.7 Å². The average molecular weight is 454 g/mol. The molecule has 1 spiro atoms. The summed E-state index contributed by atoms with van der Waals surface area (Å²) in [6.07, 6.45) is 5.05. The van der Waals surface area contributed by atoms with Crippen molar-refractivity contribution in [2.45, 2.75) is 104 Å². The summed E-state index contributed by atoms with van der Waals surface area (Å²) in [6, 6.07) is 0. The molecule has 0 radical (unpaired) electrons. The van der Waals surface area contributed by atoms with Crippen molar-refractivity contribution in [3.8, 4) is 0 Å². The number of ketones is 1. The maximum Gasteiger partial charge on any atom is 0.410 e. The number of nitrogens with zero attached hydrogens (tertiary/aromatic N) is 1. The maximum absolute atomic E-state index is 13.8. The van der Waals surface area contributed by atoms with Crippen LogP contribution in [-0.2, 0) is 18.8 Å². The van der Waals surface area contributed by atoms with Gasteiger partial charge in [0, 0.05) is 25.9 Å². The predicted octanol–water partition coefficient (Wildman–Crippen LogP) is 5.21. The van der Waals surface area contributed by atoms with E-state index in [1.165, 1.54) is 0 Å². The van der Waals surface area contributed by atoms with Gasteiger partial charge in [-0.3, -0.25) is 4.79 Å². The van der Waals surface area contributed by atoms with Gasteiger partial charge in [-0.05, 0) is 84.4 Å². The van der Waals surface area contributed by atoms with E-state index in [0.717, 1.165) is 19.1 Å². The number of Topliss-reactive ketones (excluding diaryl/α,β-unsaturated/α-hetero) is 1. The molecule has 2 aliphatic rings. The van der Waals surface area contributed by atoms with E-state index in [9.17, 15) is 14.4 Å². The number of amides is 1. The van der Waals surface area contributed by atoms with Crippen LogP contribution in [0.15, 0.2) is 0 Å². The Hall–Kier alpha value is -1.21. The van der Waals surface area contributed by atoms with Gasteiger partial charge in [-0.1, -0.05) is 6.92 Å². The average Bonchev–Trinajstić information content (AvgIpc) is 2.67. The molecule has 0 aromatic carbocycles. The molecule has 31 heavy (non-hydrogen) atoms. The fraction of sp³-hybridized carbons (Fsp3) is 0.875. The van der Waals surface area contributed by atoms with Crippen LogP contribution in [0.1, 0.15) is 72.6 Å². The van der Waals surface area contributed by atoms with Gasteiger partial charge in [-0.2, -0.15) is 0 Å². The van der Waals surface area contributed by atoms with Crippen LogP contribution < -0.4 is 0 Å². The third kappa shape index (κ3) is 6.88. The van der Waals surface area contributed by atoms with Gasteiger partial charge in [0.05, 0.1) is 11.5 Å². The SMILES string of the molecule is C[C@@H]1C[C@@H](CC=O)[C@]2(CCCN(C(=O)OC(C)(C)C)CCCC2=O)[C@H](O[Si](C)(C)C)C1. The van der Waals surface area contributed by atoms with Crippen molar-refractivity contribution >= 4 is 26.5 Å². The van der Waals surface area contributed by atoms with Crippen molar-refractivity contribution in [2.75, 3.05) is 13.1 Å². The summed E-state index contributed by atoms with van der Waals surface area (Å²) < 4.78 is 12.2. The molecule has 1 saturated carbocycles. The number of carbonyl (C=O) groups excluding carboxylic acids is 3. The second kappa shape index (κ2) is 10.2. The van der Waals surface area contributed by atoms with E-state index in [4.69, 9.17) is 9.16 Å². The number of hydrogen-bond donors (Lipinski definition) is 0. The molecule has 0 aromatic rings. The maximum atomic E-state index is 13.8. The largest absolute Gasteiger partial charge is 0.444 e. The van der Waals surface area contributed by atoms with Crippen LogP contribution >= 0.6 is 0 Å². The normalized spacial score (nSPS) is 31.0. The van der Waals surface area contributed by atoms with Crippen LogP contribution in [0.3, 0.4) is 0 Å². The summed E-state index contributed by atoms with van der Waals surface area (Å²) in [5.74, 6) is 0.659. The molecule has 2 fully saturated rings. The Labute approximate surface area is 189 Å². The van der Waals surface area contributed by atoms with Gasteiger partial charge < -0.3 is 18.9 Å². The minimum atomic E-state index is -1.89. The number of carbonyl (C=O) groups is 3. The highest BCUT2D eigenvalue weighted by Crippen LogP contribution is 2.51. The van der Waals surface area contributed by atoms with Crippen molar-refractivity contribution in [1.82, 2.24) is 4.90 Å². The van der Waals surface area contributed by atoms with Gasteiger partial charge in [0.25, 0.3) is 0 Å². The highest BCUT2D eigenvalue weighted by Gasteiger charge is 2.54. The zero-order valence-corrected chi connectivity index (χ0v) is 21.7. The summed E-state index contributed by atoms with van der Waals surface area (Å²) in [5.41, 5.74) is -1.17. The molecule has 0 aromatic heterocycles. The first-order valence-corrected chi connectivity index (χ1v) is 15.3. The van der Waals surface area contributed by atoms with Crippen molar-refractivity contribution in [3.05, 3.63) is 0 Å². The molecule has 1 saturated heterocycles. The van der Waals surface area contributed by atoms with Crippen LogP contribution in [0.25, 0.3) is 0 Å². The lowest BCUT2D eigenvalue weighted by molar-refractivity contribution is -0.149. The molecule has 0 unspecified atom stereocenters. The monoisotopic (exact) mass is 453 g/mol. The Morgan fingerprint density at radius 3 is 2.42 bits per heavy atom. The summed E-state index contributed by atoms with van der Waals surface area (Å²) in [5, 5.41) is 0. The summed E-state index contributed by atoms with van der Waals surface area (Å²) in [4.78, 5) is 39.8. The van der Waals surface area contributed by atoms with E-state index in [2.05, 4.69) is 26.6 Å². The quantitative estimate of drug-likeness (QED) is 0.432. The van der Waals surface area contributed by atoms with E-state index < -0.39 is 19.3 Å². The summed E-state index contributed by atoms with van der Waals surface area (Å²) in [7, 11) is -1.89. The van der Waals surface area contributed by atoms with E-state index in [1.807, 2.05) is 20.8 Å². The van der Waals surface area contributed by atoms with Crippen molar-refractivity contribution in [3.63, 3.8) is 0 Å². The Balaban J connectivity index is 2.33. The second-order valence-electron chi connectivity index (χ2n) is 11.5. The molecule has 1 amide bonds. The van der Waals surface area contributed by atoms with Crippen molar-refractivity contribution in [1.29, 1.82) is 0 Å². The molecule has 6 nitrogen and oxygen atoms in total. The molecule has 1 aliphatic heterocycles. The zero-order chi connectivity index (χ0) is 23.4. The first kappa shape index (κ1) is 26.0. The smallest absolute Gasteiger partial charge is 0.410 e. The molecule has 0 bridgehead atoms. The molecule has 4 atom stereocenters. The lowest BCUT2D eigenvalue weighted by atomic mass is 9.56.